The predicted octanol–water partition coefficient (Wildman–Crippen LogP) is 3.31. The van der Waals surface area contributed by atoms with Gasteiger partial charge in [-0.3, -0.25) is 0 Å². The molecular formula is C13H17N3OS2. The van der Waals surface area contributed by atoms with Gasteiger partial charge in [-0.25, -0.2) is 9.97 Å². The number of nitrogens with one attached hydrogen (secondary N) is 1. The molecule has 1 saturated heterocycles. The van der Waals surface area contributed by atoms with E-state index in [1.807, 2.05) is 18.8 Å². The molecule has 3 heterocycles. The number of aromatic nitrogens is 2. The van der Waals surface area contributed by atoms with E-state index in [-0.39, 0.29) is 0 Å². The van der Waals surface area contributed by atoms with E-state index in [0.717, 1.165) is 35.9 Å². The minimum atomic E-state index is 0.608. The highest BCUT2D eigenvalue weighted by molar-refractivity contribution is 8.00. The van der Waals surface area contributed by atoms with E-state index in [1.54, 1.807) is 11.3 Å². The summed E-state index contributed by atoms with van der Waals surface area (Å²) in [7, 11) is 1.87. The molecule has 6 heteroatoms. The monoisotopic (exact) mass is 295 g/mol. The Hall–Kier alpha value is -0.850. The Bertz CT molecular complexity index is 579. The number of hydrogen-bond donors (Lipinski definition) is 1. The van der Waals surface area contributed by atoms with E-state index in [4.69, 9.17) is 4.74 Å². The van der Waals surface area contributed by atoms with E-state index < -0.39 is 0 Å². The van der Waals surface area contributed by atoms with Crippen molar-refractivity contribution >= 4 is 39.3 Å². The van der Waals surface area contributed by atoms with Crippen molar-refractivity contribution in [2.24, 2.45) is 0 Å². The molecule has 0 radical (unpaired) electrons. The van der Waals surface area contributed by atoms with Crippen LogP contribution in [0.25, 0.3) is 10.2 Å². The average Bonchev–Trinajstić information content (AvgIpc) is 2.80. The lowest BCUT2D eigenvalue weighted by Crippen LogP contribution is -2.17. The van der Waals surface area contributed by atoms with Crippen LogP contribution in [-0.4, -0.2) is 35.5 Å². The fourth-order valence-electron chi connectivity index (χ4n) is 2.17. The highest BCUT2D eigenvalue weighted by Crippen LogP contribution is 2.36. The van der Waals surface area contributed by atoms with Crippen LogP contribution in [0, 0.1) is 6.92 Å². The summed E-state index contributed by atoms with van der Waals surface area (Å²) in [4.78, 5) is 11.5. The zero-order valence-electron chi connectivity index (χ0n) is 11.1. The van der Waals surface area contributed by atoms with E-state index >= 15 is 0 Å². The van der Waals surface area contributed by atoms with Crippen molar-refractivity contribution < 1.29 is 4.74 Å². The maximum atomic E-state index is 5.42. The molecule has 1 N–H and O–H groups in total. The molecule has 2 aromatic heterocycles. The molecule has 1 aliphatic rings. The molecule has 0 atom stereocenters. The van der Waals surface area contributed by atoms with Crippen LogP contribution in [0.4, 0.5) is 5.95 Å². The van der Waals surface area contributed by atoms with Crippen LogP contribution in [0.1, 0.15) is 17.7 Å². The van der Waals surface area contributed by atoms with Crippen LogP contribution in [0.3, 0.4) is 0 Å². The molecule has 0 amide bonds. The second-order valence-electron chi connectivity index (χ2n) is 4.61. The molecular weight excluding hydrogens is 278 g/mol. The summed E-state index contributed by atoms with van der Waals surface area (Å²) in [6.07, 6.45) is 2.21. The Morgan fingerprint density at radius 3 is 2.89 bits per heavy atom. The SMILES string of the molecule is CNc1nc(SC2CCOCC2)c2cc(C)sc2n1. The smallest absolute Gasteiger partial charge is 0.224 e. The number of anilines is 1. The average molecular weight is 295 g/mol. The summed E-state index contributed by atoms with van der Waals surface area (Å²) >= 11 is 3.60. The van der Waals surface area contributed by atoms with E-state index in [9.17, 15) is 0 Å². The Balaban J connectivity index is 1.95. The molecule has 3 rings (SSSR count). The minimum absolute atomic E-state index is 0.608. The number of thioether (sulfide) groups is 1. The number of aryl methyl sites for hydroxylation is 1. The second kappa shape index (κ2) is 5.64. The summed E-state index contributed by atoms with van der Waals surface area (Å²) in [6.45, 7) is 3.86. The minimum Gasteiger partial charge on any atom is -0.381 e. The van der Waals surface area contributed by atoms with Crippen LogP contribution < -0.4 is 5.32 Å². The van der Waals surface area contributed by atoms with Crippen molar-refractivity contribution in [3.05, 3.63) is 10.9 Å². The van der Waals surface area contributed by atoms with Gasteiger partial charge in [-0.1, -0.05) is 0 Å². The number of hydrogen-bond acceptors (Lipinski definition) is 6. The Labute approximate surface area is 121 Å². The normalized spacial score (nSPS) is 16.9. The first-order valence-corrected chi connectivity index (χ1v) is 8.16. The first kappa shape index (κ1) is 13.1. The summed E-state index contributed by atoms with van der Waals surface area (Å²) in [6, 6.07) is 2.20. The number of rotatable bonds is 3. The number of fused-ring (bicyclic) bond motifs is 1. The predicted molar refractivity (Wildman–Crippen MR) is 81.4 cm³/mol. The van der Waals surface area contributed by atoms with E-state index in [1.165, 1.54) is 10.3 Å². The van der Waals surface area contributed by atoms with Gasteiger partial charge in [-0.05, 0) is 25.8 Å². The van der Waals surface area contributed by atoms with E-state index in [0.29, 0.717) is 11.2 Å². The van der Waals surface area contributed by atoms with Crippen molar-refractivity contribution in [2.75, 3.05) is 25.6 Å². The van der Waals surface area contributed by atoms with Gasteiger partial charge in [0.1, 0.15) is 9.86 Å². The molecule has 1 fully saturated rings. The molecule has 0 saturated carbocycles. The molecule has 1 aliphatic heterocycles. The van der Waals surface area contributed by atoms with Gasteiger partial charge in [-0.15, -0.1) is 23.1 Å². The Morgan fingerprint density at radius 1 is 1.37 bits per heavy atom. The fraction of sp³-hybridized carbons (Fsp3) is 0.538. The third kappa shape index (κ3) is 2.85. The number of nitrogens with zero attached hydrogens (tertiary/aromatic N) is 2. The quantitative estimate of drug-likeness (QED) is 0.880. The standard InChI is InChI=1S/C13H17N3OS2/c1-8-7-10-11(18-8)15-13(14-2)16-12(10)19-9-3-5-17-6-4-9/h7,9H,3-6H2,1-2H3,(H,14,15,16). The zero-order valence-corrected chi connectivity index (χ0v) is 12.7. The molecule has 0 unspecified atom stereocenters. The second-order valence-corrected chi connectivity index (χ2v) is 7.13. The van der Waals surface area contributed by atoms with Gasteiger partial charge in [-0.2, -0.15) is 0 Å². The molecule has 0 aromatic carbocycles. The summed E-state index contributed by atoms with van der Waals surface area (Å²) in [5.41, 5.74) is 0. The third-order valence-corrected chi connectivity index (χ3v) is 5.43. The van der Waals surface area contributed by atoms with Crippen LogP contribution in [0.5, 0.6) is 0 Å². The summed E-state index contributed by atoms with van der Waals surface area (Å²) < 4.78 is 5.42. The summed E-state index contributed by atoms with van der Waals surface area (Å²) in [5, 5.41) is 5.96. The largest absolute Gasteiger partial charge is 0.381 e. The van der Waals surface area contributed by atoms with Crippen LogP contribution in [-0.2, 0) is 4.74 Å². The van der Waals surface area contributed by atoms with E-state index in [2.05, 4.69) is 28.3 Å². The van der Waals surface area contributed by atoms with Gasteiger partial charge in [0, 0.05) is 35.8 Å². The number of ether oxygens (including phenoxy) is 1. The lowest BCUT2D eigenvalue weighted by atomic mass is 10.2. The van der Waals surface area contributed by atoms with Crippen LogP contribution in [0.15, 0.2) is 11.1 Å². The third-order valence-electron chi connectivity index (χ3n) is 3.15. The fourth-order valence-corrected chi connectivity index (χ4v) is 4.28. The maximum absolute atomic E-state index is 5.42. The van der Waals surface area contributed by atoms with Gasteiger partial charge in [0.15, 0.2) is 0 Å². The molecule has 2 aromatic rings. The van der Waals surface area contributed by atoms with Crippen molar-refractivity contribution in [2.45, 2.75) is 30.0 Å². The first-order valence-electron chi connectivity index (χ1n) is 6.46. The summed E-state index contributed by atoms with van der Waals surface area (Å²) in [5.74, 6) is 0.712. The van der Waals surface area contributed by atoms with Crippen LogP contribution >= 0.6 is 23.1 Å². The molecule has 0 aliphatic carbocycles. The molecule has 102 valence electrons. The van der Waals surface area contributed by atoms with Crippen molar-refractivity contribution in [1.82, 2.24) is 9.97 Å². The maximum Gasteiger partial charge on any atom is 0.224 e. The topological polar surface area (TPSA) is 47.0 Å². The Kier molecular flexibility index (Phi) is 3.91. The molecule has 0 spiro atoms. The highest BCUT2D eigenvalue weighted by Gasteiger charge is 2.19. The van der Waals surface area contributed by atoms with Crippen molar-refractivity contribution in [3.63, 3.8) is 0 Å². The van der Waals surface area contributed by atoms with Gasteiger partial charge in [0.05, 0.1) is 0 Å². The van der Waals surface area contributed by atoms with Crippen LogP contribution in [0.2, 0.25) is 0 Å². The van der Waals surface area contributed by atoms with Crippen molar-refractivity contribution in [3.8, 4) is 0 Å². The van der Waals surface area contributed by atoms with Crippen molar-refractivity contribution in [1.29, 1.82) is 0 Å². The lowest BCUT2D eigenvalue weighted by Gasteiger charge is -2.21. The molecule has 4 nitrogen and oxygen atoms in total. The molecule has 19 heavy (non-hydrogen) atoms. The van der Waals surface area contributed by atoms with Gasteiger partial charge < -0.3 is 10.1 Å². The highest BCUT2D eigenvalue weighted by atomic mass is 32.2. The molecule has 0 bridgehead atoms. The number of thiophene rings is 1. The Morgan fingerprint density at radius 2 is 2.16 bits per heavy atom. The van der Waals surface area contributed by atoms with Gasteiger partial charge >= 0.3 is 0 Å². The zero-order chi connectivity index (χ0) is 13.2. The van der Waals surface area contributed by atoms with Gasteiger partial charge in [0.25, 0.3) is 0 Å². The lowest BCUT2D eigenvalue weighted by molar-refractivity contribution is 0.1000. The van der Waals surface area contributed by atoms with Gasteiger partial charge in [0.2, 0.25) is 5.95 Å². The first-order chi connectivity index (χ1) is 9.26.